The molecule has 2 fully saturated rings. The van der Waals surface area contributed by atoms with Gasteiger partial charge in [0.05, 0.1) is 5.92 Å². The average Bonchev–Trinajstić information content (AvgIpc) is 3.08. The van der Waals surface area contributed by atoms with Gasteiger partial charge in [-0.15, -0.1) is 0 Å². The van der Waals surface area contributed by atoms with Crippen LogP contribution >= 0.6 is 0 Å². The molecule has 182 valence electrons. The molecule has 0 saturated carbocycles. The van der Waals surface area contributed by atoms with E-state index >= 15 is 0 Å². The lowest BCUT2D eigenvalue weighted by molar-refractivity contribution is -0.159. The summed E-state index contributed by atoms with van der Waals surface area (Å²) in [5, 5.41) is 9.26. The zero-order valence-corrected chi connectivity index (χ0v) is 19.7. The molecule has 5 atom stereocenters. The number of aliphatic hydroxyl groups is 1. The number of cyclic esters (lactones) is 1. The van der Waals surface area contributed by atoms with Gasteiger partial charge in [-0.2, -0.15) is 0 Å². The van der Waals surface area contributed by atoms with Crippen LogP contribution in [0.25, 0.3) is 0 Å². The van der Waals surface area contributed by atoms with Gasteiger partial charge < -0.3 is 24.4 Å². The van der Waals surface area contributed by atoms with Gasteiger partial charge in [0.1, 0.15) is 29.8 Å². The Morgan fingerprint density at radius 2 is 1.79 bits per heavy atom. The maximum absolute atomic E-state index is 13.9. The first-order valence-electron chi connectivity index (χ1n) is 12.4. The highest BCUT2D eigenvalue weighted by Gasteiger charge is 2.75. The summed E-state index contributed by atoms with van der Waals surface area (Å²) >= 11 is 0. The molecule has 4 aliphatic rings. The van der Waals surface area contributed by atoms with Crippen LogP contribution in [0.5, 0.6) is 0 Å². The van der Waals surface area contributed by atoms with Crippen LogP contribution in [0.3, 0.4) is 0 Å². The number of ether oxygens (including phenoxy) is 2. The molecule has 0 aliphatic carbocycles. The summed E-state index contributed by atoms with van der Waals surface area (Å²) in [6.07, 6.45) is 12.0. The molecule has 33 heavy (non-hydrogen) atoms. The van der Waals surface area contributed by atoms with Gasteiger partial charge in [0, 0.05) is 26.2 Å². The highest BCUT2D eigenvalue weighted by Crippen LogP contribution is 2.58. The van der Waals surface area contributed by atoms with Crippen LogP contribution in [0.15, 0.2) is 24.3 Å². The molecule has 1 spiro atoms. The normalized spacial score (nSPS) is 35.2. The molecule has 4 heterocycles. The summed E-state index contributed by atoms with van der Waals surface area (Å²) in [6.45, 7) is 5.65. The first-order valence-corrected chi connectivity index (χ1v) is 12.4. The lowest BCUT2D eigenvalue weighted by Gasteiger charge is -2.38. The van der Waals surface area contributed by atoms with E-state index in [1.54, 1.807) is 11.0 Å². The number of rotatable bonds is 9. The molecule has 8 heteroatoms. The molecule has 0 aromatic heterocycles. The van der Waals surface area contributed by atoms with E-state index in [-0.39, 0.29) is 25.0 Å². The molecule has 0 bridgehead atoms. The first-order chi connectivity index (χ1) is 16.0. The van der Waals surface area contributed by atoms with E-state index < -0.39 is 35.0 Å². The molecule has 0 radical (unpaired) electrons. The van der Waals surface area contributed by atoms with Crippen LogP contribution < -0.4 is 0 Å². The van der Waals surface area contributed by atoms with Gasteiger partial charge in [0.2, 0.25) is 11.8 Å². The molecule has 2 amide bonds. The molecule has 4 aliphatic heterocycles. The topological polar surface area (TPSA) is 96.4 Å². The summed E-state index contributed by atoms with van der Waals surface area (Å²) in [5.74, 6) is -2.43. The fraction of sp³-hybridized carbons (Fsp3) is 0.720. The molecule has 1 unspecified atom stereocenters. The van der Waals surface area contributed by atoms with E-state index in [2.05, 4.69) is 6.92 Å². The van der Waals surface area contributed by atoms with Gasteiger partial charge in [-0.3, -0.25) is 14.4 Å². The number of fused-ring (bicyclic) bond motifs is 2. The van der Waals surface area contributed by atoms with Crippen LogP contribution in [0.1, 0.15) is 52.4 Å². The minimum atomic E-state index is -1.21. The molecule has 8 nitrogen and oxygen atoms in total. The van der Waals surface area contributed by atoms with E-state index in [1.807, 2.05) is 30.1 Å². The summed E-state index contributed by atoms with van der Waals surface area (Å²) in [5.41, 5.74) is -2.19. The Kier molecular flexibility index (Phi) is 6.96. The van der Waals surface area contributed by atoms with Crippen molar-refractivity contribution in [2.24, 2.45) is 11.8 Å². The molecular formula is C25H36N2O6. The van der Waals surface area contributed by atoms with Gasteiger partial charge in [-0.25, -0.2) is 0 Å². The molecule has 2 saturated heterocycles. The Labute approximate surface area is 195 Å². The van der Waals surface area contributed by atoms with Gasteiger partial charge >= 0.3 is 5.97 Å². The number of unbranched alkanes of at least 4 members (excludes halogenated alkanes) is 3. The number of amides is 2. The summed E-state index contributed by atoms with van der Waals surface area (Å²) in [7, 11) is 0. The highest BCUT2D eigenvalue weighted by molar-refractivity contribution is 5.99. The Morgan fingerprint density at radius 3 is 2.52 bits per heavy atom. The van der Waals surface area contributed by atoms with Crippen molar-refractivity contribution in [3.63, 3.8) is 0 Å². The number of hydrogen-bond donors (Lipinski definition) is 1. The Balaban J connectivity index is 1.77. The summed E-state index contributed by atoms with van der Waals surface area (Å²) < 4.78 is 12.2. The maximum Gasteiger partial charge on any atom is 0.313 e. The van der Waals surface area contributed by atoms with Gasteiger partial charge in [0.25, 0.3) is 0 Å². The van der Waals surface area contributed by atoms with Crippen molar-refractivity contribution in [1.29, 1.82) is 0 Å². The fourth-order valence-electron chi connectivity index (χ4n) is 6.03. The van der Waals surface area contributed by atoms with Crippen molar-refractivity contribution >= 4 is 17.8 Å². The predicted octanol–water partition coefficient (Wildman–Crippen LogP) is 1.82. The second-order valence-electron chi connectivity index (χ2n) is 9.51. The zero-order valence-electron chi connectivity index (χ0n) is 19.7. The third kappa shape index (κ3) is 3.81. The smallest absolute Gasteiger partial charge is 0.313 e. The van der Waals surface area contributed by atoms with Crippen molar-refractivity contribution < 1.29 is 29.0 Å². The van der Waals surface area contributed by atoms with Crippen molar-refractivity contribution in [2.75, 3.05) is 32.8 Å². The molecule has 1 N–H and O–H groups in total. The number of carbonyl (C=O) groups is 3. The third-order valence-electron chi connectivity index (χ3n) is 7.62. The van der Waals surface area contributed by atoms with E-state index in [1.165, 1.54) is 0 Å². The SMILES string of the molecule is CCCCCN1CC=C[C@]23O[C@@]4(CC)C=CCOC(=O)[C@H]4[C@H]2C(=O)N(CCCCO)C3C1=O. The van der Waals surface area contributed by atoms with E-state index in [0.717, 1.165) is 19.3 Å². The maximum atomic E-state index is 13.9. The number of hydrogen-bond acceptors (Lipinski definition) is 6. The van der Waals surface area contributed by atoms with Crippen molar-refractivity contribution in [2.45, 2.75) is 69.6 Å². The highest BCUT2D eigenvalue weighted by atomic mass is 16.6. The Bertz CT molecular complexity index is 841. The van der Waals surface area contributed by atoms with E-state index in [9.17, 15) is 19.5 Å². The average molecular weight is 461 g/mol. The molecule has 0 aromatic rings. The van der Waals surface area contributed by atoms with Crippen molar-refractivity contribution in [3.8, 4) is 0 Å². The first kappa shape index (κ1) is 24.0. The van der Waals surface area contributed by atoms with E-state index in [0.29, 0.717) is 38.9 Å². The van der Waals surface area contributed by atoms with E-state index in [4.69, 9.17) is 9.47 Å². The fourth-order valence-corrected chi connectivity index (χ4v) is 6.03. The van der Waals surface area contributed by atoms with Crippen molar-refractivity contribution in [1.82, 2.24) is 9.80 Å². The lowest BCUT2D eigenvalue weighted by atomic mass is 9.73. The van der Waals surface area contributed by atoms with Crippen LogP contribution in [-0.4, -0.2) is 82.8 Å². The Morgan fingerprint density at radius 1 is 1.00 bits per heavy atom. The van der Waals surface area contributed by atoms with Crippen molar-refractivity contribution in [3.05, 3.63) is 24.3 Å². The van der Waals surface area contributed by atoms with Gasteiger partial charge in [-0.05, 0) is 31.8 Å². The summed E-state index contributed by atoms with van der Waals surface area (Å²) in [4.78, 5) is 44.3. The lowest BCUT2D eigenvalue weighted by Crippen LogP contribution is -2.56. The number of likely N-dealkylation sites (tertiary alicyclic amines) is 1. The number of nitrogens with zero attached hydrogens (tertiary/aromatic N) is 2. The van der Waals surface area contributed by atoms with Gasteiger partial charge in [0.15, 0.2) is 0 Å². The monoisotopic (exact) mass is 460 g/mol. The number of esters is 1. The molecular weight excluding hydrogens is 424 g/mol. The van der Waals surface area contributed by atoms with Crippen LogP contribution in [0.2, 0.25) is 0 Å². The second kappa shape index (κ2) is 9.58. The number of aliphatic hydroxyl groups excluding tert-OH is 1. The largest absolute Gasteiger partial charge is 0.461 e. The zero-order chi connectivity index (χ0) is 23.6. The Hall–Kier alpha value is -2.19. The third-order valence-corrected chi connectivity index (χ3v) is 7.62. The molecule has 0 aromatic carbocycles. The predicted molar refractivity (Wildman–Crippen MR) is 121 cm³/mol. The number of carbonyl (C=O) groups excluding carboxylic acids is 3. The van der Waals surface area contributed by atoms with Gasteiger partial charge in [-0.1, -0.05) is 44.9 Å². The summed E-state index contributed by atoms with van der Waals surface area (Å²) in [6, 6.07) is -0.828. The van der Waals surface area contributed by atoms with Crippen LogP contribution in [0, 0.1) is 11.8 Å². The van der Waals surface area contributed by atoms with Crippen LogP contribution in [-0.2, 0) is 23.9 Å². The minimum Gasteiger partial charge on any atom is -0.461 e. The van der Waals surface area contributed by atoms with Crippen LogP contribution in [0.4, 0.5) is 0 Å². The standard InChI is InChI=1S/C25H36N2O6/c1-3-5-6-13-26-14-9-12-25-18(19-23(31)32-17-10-11-24(19,4-2)33-25)21(29)27(15-7-8-16-28)20(25)22(26)30/h9-12,18-20,28H,3-8,13-17H2,1-2H3/t18-,19+,20?,24-,25-/m0/s1. The minimum absolute atomic E-state index is 0.0213. The second-order valence-corrected chi connectivity index (χ2v) is 9.51. The quantitative estimate of drug-likeness (QED) is 0.320. The molecule has 4 rings (SSSR count).